The number of unbranched alkanes of at least 4 members (excludes halogenated alkanes) is 1. The lowest BCUT2D eigenvalue weighted by Crippen LogP contribution is -2.61. The standard InChI is InChI=1S/C34H42N2O5/c1-4-5-22-41-31(37)20-21-36(25-26(2)3)33(40)35-34(32(38)39,23-27-12-8-6-9-13-27)24-28-16-18-30(19-17-28)29-14-10-7-11-15-29/h6-19,26H,4-5,20-25H2,1-3H3,(H,35,40)(H,38,39)/t34-/m0/s1. The zero-order chi connectivity index (χ0) is 29.7. The molecule has 0 unspecified atom stereocenters. The maximum Gasteiger partial charge on any atom is 0.330 e. The van der Waals surface area contributed by atoms with E-state index >= 15 is 0 Å². The second kappa shape index (κ2) is 15.6. The van der Waals surface area contributed by atoms with Gasteiger partial charge in [-0.3, -0.25) is 4.79 Å². The number of ether oxygens (including phenoxy) is 1. The lowest BCUT2D eigenvalue weighted by molar-refractivity contribution is -0.145. The number of carbonyl (C=O) groups is 3. The molecule has 7 heteroatoms. The monoisotopic (exact) mass is 558 g/mol. The minimum absolute atomic E-state index is 0.0452. The van der Waals surface area contributed by atoms with Crippen LogP contribution in [0.1, 0.15) is 51.2 Å². The minimum atomic E-state index is -1.61. The highest BCUT2D eigenvalue weighted by Crippen LogP contribution is 2.24. The third-order valence-corrected chi connectivity index (χ3v) is 6.89. The average Bonchev–Trinajstić information content (AvgIpc) is 2.96. The first-order valence-corrected chi connectivity index (χ1v) is 14.4. The topological polar surface area (TPSA) is 95.9 Å². The van der Waals surface area contributed by atoms with Crippen molar-refractivity contribution in [2.45, 2.75) is 58.4 Å². The summed E-state index contributed by atoms with van der Waals surface area (Å²) in [6, 6.07) is 26.5. The summed E-state index contributed by atoms with van der Waals surface area (Å²) in [6.45, 7) is 6.84. The third kappa shape index (κ3) is 9.78. The summed E-state index contributed by atoms with van der Waals surface area (Å²) in [5.74, 6) is -1.37. The van der Waals surface area contributed by atoms with E-state index in [1.165, 1.54) is 4.90 Å². The maximum atomic E-state index is 13.7. The van der Waals surface area contributed by atoms with Crippen molar-refractivity contribution in [3.05, 3.63) is 96.1 Å². The second-order valence-corrected chi connectivity index (χ2v) is 10.9. The molecule has 3 aromatic carbocycles. The molecule has 0 heterocycles. The molecule has 0 aliphatic heterocycles. The molecule has 1 atom stereocenters. The number of carboxylic acids is 1. The zero-order valence-electron chi connectivity index (χ0n) is 24.3. The number of nitrogens with zero attached hydrogens (tertiary/aromatic N) is 1. The highest BCUT2D eigenvalue weighted by atomic mass is 16.5. The summed E-state index contributed by atoms with van der Waals surface area (Å²) < 4.78 is 5.26. The van der Waals surface area contributed by atoms with Gasteiger partial charge in [0, 0.05) is 25.9 Å². The molecule has 218 valence electrons. The Balaban J connectivity index is 1.86. The van der Waals surface area contributed by atoms with Gasteiger partial charge in [0.15, 0.2) is 0 Å². The molecule has 2 N–H and O–H groups in total. The number of rotatable bonds is 15. The highest BCUT2D eigenvalue weighted by Gasteiger charge is 2.41. The molecule has 0 saturated carbocycles. The Morgan fingerprint density at radius 3 is 1.98 bits per heavy atom. The maximum absolute atomic E-state index is 13.7. The Morgan fingerprint density at radius 1 is 0.854 bits per heavy atom. The quantitative estimate of drug-likeness (QED) is 0.167. The van der Waals surface area contributed by atoms with E-state index in [4.69, 9.17) is 4.74 Å². The molecule has 0 spiro atoms. The van der Waals surface area contributed by atoms with Gasteiger partial charge in [-0.15, -0.1) is 0 Å². The first-order valence-electron chi connectivity index (χ1n) is 14.4. The Bertz CT molecular complexity index is 1250. The lowest BCUT2D eigenvalue weighted by atomic mass is 9.84. The number of amides is 2. The number of esters is 1. The van der Waals surface area contributed by atoms with Gasteiger partial charge in [0.25, 0.3) is 0 Å². The van der Waals surface area contributed by atoms with Gasteiger partial charge in [-0.05, 0) is 34.6 Å². The fraction of sp³-hybridized carbons (Fsp3) is 0.382. The van der Waals surface area contributed by atoms with E-state index in [1.807, 2.05) is 106 Å². The van der Waals surface area contributed by atoms with E-state index in [0.29, 0.717) is 13.2 Å². The number of nitrogens with one attached hydrogen (secondary N) is 1. The SMILES string of the molecule is CCCCOC(=O)CCN(CC(C)C)C(=O)N[C@@](Cc1ccccc1)(Cc1ccc(-c2ccccc2)cc1)C(=O)O. The van der Waals surface area contributed by atoms with Crippen molar-refractivity contribution in [3.63, 3.8) is 0 Å². The van der Waals surface area contributed by atoms with E-state index in [0.717, 1.165) is 35.1 Å². The molecule has 0 fully saturated rings. The van der Waals surface area contributed by atoms with Crippen molar-refractivity contribution in [3.8, 4) is 11.1 Å². The molecule has 0 saturated heterocycles. The number of hydrogen-bond donors (Lipinski definition) is 2. The van der Waals surface area contributed by atoms with E-state index in [1.54, 1.807) is 0 Å². The normalized spacial score (nSPS) is 12.4. The van der Waals surface area contributed by atoms with E-state index in [2.05, 4.69) is 5.32 Å². The summed E-state index contributed by atoms with van der Waals surface area (Å²) in [7, 11) is 0. The smallest absolute Gasteiger partial charge is 0.330 e. The number of carbonyl (C=O) groups excluding carboxylic acids is 2. The Hall–Kier alpha value is -4.13. The van der Waals surface area contributed by atoms with Crippen molar-refractivity contribution in [1.29, 1.82) is 0 Å². The van der Waals surface area contributed by atoms with Crippen LogP contribution in [0.4, 0.5) is 4.79 Å². The van der Waals surface area contributed by atoms with Crippen molar-refractivity contribution in [2.75, 3.05) is 19.7 Å². The van der Waals surface area contributed by atoms with Gasteiger partial charge in [0.2, 0.25) is 0 Å². The van der Waals surface area contributed by atoms with Crippen LogP contribution in [0.5, 0.6) is 0 Å². The van der Waals surface area contributed by atoms with Gasteiger partial charge >= 0.3 is 18.0 Å². The Morgan fingerprint density at radius 2 is 1.41 bits per heavy atom. The number of aliphatic carboxylic acids is 1. The number of carboxylic acid groups (broad SMARTS) is 1. The van der Waals surface area contributed by atoms with Gasteiger partial charge in [-0.2, -0.15) is 0 Å². The van der Waals surface area contributed by atoms with Crippen LogP contribution in [0.2, 0.25) is 0 Å². The van der Waals surface area contributed by atoms with E-state index in [9.17, 15) is 19.5 Å². The first-order chi connectivity index (χ1) is 19.7. The second-order valence-electron chi connectivity index (χ2n) is 10.9. The lowest BCUT2D eigenvalue weighted by Gasteiger charge is -2.34. The largest absolute Gasteiger partial charge is 0.479 e. The molecule has 0 radical (unpaired) electrons. The van der Waals surface area contributed by atoms with Gasteiger partial charge in [-0.25, -0.2) is 9.59 Å². The van der Waals surface area contributed by atoms with Gasteiger partial charge in [-0.1, -0.05) is 112 Å². The summed E-state index contributed by atoms with van der Waals surface area (Å²) >= 11 is 0. The molecule has 0 aromatic heterocycles. The van der Waals surface area contributed by atoms with Crippen LogP contribution >= 0.6 is 0 Å². The molecular weight excluding hydrogens is 516 g/mol. The van der Waals surface area contributed by atoms with Crippen LogP contribution < -0.4 is 5.32 Å². The van der Waals surface area contributed by atoms with Crippen LogP contribution in [-0.4, -0.2) is 53.2 Å². The van der Waals surface area contributed by atoms with Gasteiger partial charge in [0.05, 0.1) is 13.0 Å². The molecule has 0 aliphatic rings. The molecule has 3 aromatic rings. The van der Waals surface area contributed by atoms with Gasteiger partial charge < -0.3 is 20.1 Å². The number of benzene rings is 3. The summed E-state index contributed by atoms with van der Waals surface area (Å²) in [4.78, 5) is 40.5. The van der Waals surface area contributed by atoms with Crippen molar-refractivity contribution in [1.82, 2.24) is 10.2 Å². The molecule has 2 amide bonds. The van der Waals surface area contributed by atoms with Crippen LogP contribution in [0.25, 0.3) is 11.1 Å². The number of hydrogen-bond acceptors (Lipinski definition) is 4. The molecular formula is C34H42N2O5. The summed E-state index contributed by atoms with van der Waals surface area (Å²) in [5, 5.41) is 13.5. The van der Waals surface area contributed by atoms with Crippen molar-refractivity contribution < 1.29 is 24.2 Å². The fourth-order valence-corrected chi connectivity index (χ4v) is 4.72. The summed E-state index contributed by atoms with van der Waals surface area (Å²) in [6.07, 6.45) is 1.94. The Kier molecular flexibility index (Phi) is 11.9. The third-order valence-electron chi connectivity index (χ3n) is 6.89. The van der Waals surface area contributed by atoms with Crippen LogP contribution in [0.15, 0.2) is 84.9 Å². The van der Waals surface area contributed by atoms with E-state index < -0.39 is 17.5 Å². The Labute approximate surface area is 243 Å². The molecule has 3 rings (SSSR count). The van der Waals surface area contributed by atoms with Crippen molar-refractivity contribution >= 4 is 18.0 Å². The van der Waals surface area contributed by atoms with E-state index in [-0.39, 0.29) is 37.7 Å². The number of urea groups is 1. The predicted octanol–water partition coefficient (Wildman–Crippen LogP) is 6.36. The van der Waals surface area contributed by atoms with Crippen LogP contribution in [0, 0.1) is 5.92 Å². The first kappa shape index (κ1) is 31.4. The highest BCUT2D eigenvalue weighted by molar-refractivity contribution is 5.87. The molecule has 0 aliphatic carbocycles. The van der Waals surface area contributed by atoms with Crippen LogP contribution in [0.3, 0.4) is 0 Å². The van der Waals surface area contributed by atoms with Crippen molar-refractivity contribution in [2.24, 2.45) is 5.92 Å². The molecule has 0 bridgehead atoms. The summed E-state index contributed by atoms with van der Waals surface area (Å²) in [5.41, 5.74) is 2.07. The van der Waals surface area contributed by atoms with Gasteiger partial charge in [0.1, 0.15) is 5.54 Å². The zero-order valence-corrected chi connectivity index (χ0v) is 24.3. The average molecular weight is 559 g/mol. The predicted molar refractivity (Wildman–Crippen MR) is 162 cm³/mol. The molecule has 7 nitrogen and oxygen atoms in total. The van der Waals surface area contributed by atoms with Crippen LogP contribution in [-0.2, 0) is 27.2 Å². The molecule has 41 heavy (non-hydrogen) atoms. The fourth-order valence-electron chi connectivity index (χ4n) is 4.72. The minimum Gasteiger partial charge on any atom is -0.479 e.